The van der Waals surface area contributed by atoms with Gasteiger partial charge in [0.05, 0.1) is 4.90 Å². The number of hydrogen-bond donors (Lipinski definition) is 2. The largest absolute Gasteiger partial charge is 0.437 e. The number of fused-ring (bicyclic) bond motifs is 1. The van der Waals surface area contributed by atoms with Crippen molar-refractivity contribution in [2.24, 2.45) is 5.92 Å². The van der Waals surface area contributed by atoms with Crippen molar-refractivity contribution in [2.45, 2.75) is 88.6 Å². The first kappa shape index (κ1) is 28.2. The highest BCUT2D eigenvalue weighted by Crippen LogP contribution is 2.36. The molecule has 0 radical (unpaired) electrons. The van der Waals surface area contributed by atoms with Gasteiger partial charge in [-0.3, -0.25) is 9.00 Å². The van der Waals surface area contributed by atoms with Gasteiger partial charge in [0.2, 0.25) is 0 Å². The first-order chi connectivity index (χ1) is 18.7. The van der Waals surface area contributed by atoms with Gasteiger partial charge in [-0.05, 0) is 56.4 Å². The molecule has 1 aliphatic carbocycles. The predicted octanol–water partition coefficient (Wildman–Crippen LogP) is 5.67. The van der Waals surface area contributed by atoms with Crippen molar-refractivity contribution in [1.29, 1.82) is 0 Å². The highest BCUT2D eigenvalue weighted by atomic mass is 32.2. The third-order valence-electron chi connectivity index (χ3n) is 7.55. The maximum absolute atomic E-state index is 13.2. The summed E-state index contributed by atoms with van der Waals surface area (Å²) >= 11 is 0. The number of carbonyl (C=O) groups is 1. The van der Waals surface area contributed by atoms with Crippen molar-refractivity contribution in [1.82, 2.24) is 15.0 Å². The second kappa shape index (κ2) is 12.0. The zero-order chi connectivity index (χ0) is 27.6. The second-order valence-electron chi connectivity index (χ2n) is 11.9. The Bertz CT molecular complexity index is 1380. The van der Waals surface area contributed by atoms with Gasteiger partial charge in [-0.15, -0.1) is 0 Å². The molecule has 2 aliphatic rings. The van der Waals surface area contributed by atoms with Gasteiger partial charge in [0.15, 0.2) is 0 Å². The molecule has 210 valence electrons. The first-order valence-corrected chi connectivity index (χ1v) is 16.7. The Balaban J connectivity index is 1.52. The number of rotatable bonds is 7. The van der Waals surface area contributed by atoms with E-state index in [2.05, 4.69) is 10.0 Å². The van der Waals surface area contributed by atoms with Crippen LogP contribution in [0.3, 0.4) is 0 Å². The van der Waals surface area contributed by atoms with E-state index in [1.54, 1.807) is 0 Å². The molecule has 0 bridgehead atoms. The molecular weight excluding hydrogens is 530 g/mol. The quantitative estimate of drug-likeness (QED) is 0.382. The van der Waals surface area contributed by atoms with Crippen LogP contribution in [0.5, 0.6) is 0 Å². The summed E-state index contributed by atoms with van der Waals surface area (Å²) in [7, 11) is -2.18. The highest BCUT2D eigenvalue weighted by molar-refractivity contribution is 7.85. The van der Waals surface area contributed by atoms with E-state index in [1.807, 2.05) is 57.2 Å². The molecule has 2 heterocycles. The van der Waals surface area contributed by atoms with Crippen LogP contribution < -0.4 is 10.0 Å². The van der Waals surface area contributed by atoms with Crippen molar-refractivity contribution in [2.75, 3.05) is 11.5 Å². The molecule has 7 nitrogen and oxygen atoms in total. The van der Waals surface area contributed by atoms with E-state index < -0.39 is 21.8 Å². The van der Waals surface area contributed by atoms with E-state index in [1.165, 1.54) is 19.3 Å². The fourth-order valence-electron chi connectivity index (χ4n) is 5.61. The average Bonchev–Trinajstić information content (AvgIpc) is 3.32. The number of aromatic nitrogens is 1. The van der Waals surface area contributed by atoms with Crippen LogP contribution in [0.25, 0.3) is 22.0 Å². The van der Waals surface area contributed by atoms with Crippen molar-refractivity contribution in [3.63, 3.8) is 0 Å². The van der Waals surface area contributed by atoms with Crippen molar-refractivity contribution in [3.8, 4) is 11.3 Å². The van der Waals surface area contributed by atoms with E-state index in [0.29, 0.717) is 40.9 Å². The molecule has 2 fully saturated rings. The van der Waals surface area contributed by atoms with Gasteiger partial charge in [0.25, 0.3) is 5.89 Å². The molecule has 1 saturated heterocycles. The summed E-state index contributed by atoms with van der Waals surface area (Å²) in [5, 5.41) is 4.87. The van der Waals surface area contributed by atoms with Crippen LogP contribution in [-0.4, -0.2) is 42.4 Å². The lowest BCUT2D eigenvalue weighted by Crippen LogP contribution is -2.39. The Kier molecular flexibility index (Phi) is 8.69. The number of nitrogens with one attached hydrogen (secondary N) is 2. The van der Waals surface area contributed by atoms with Crippen LogP contribution in [0.1, 0.15) is 82.2 Å². The fraction of sp³-hybridized carbons (Fsp3) is 0.533. The smallest absolute Gasteiger partial charge is 0.307 e. The Labute approximate surface area is 236 Å². The molecular formula is C30H39N3O4S2. The number of benzene rings is 2. The minimum atomic E-state index is -1.39. The minimum Gasteiger partial charge on any atom is -0.437 e. The van der Waals surface area contributed by atoms with Gasteiger partial charge in [-0.25, -0.2) is 13.9 Å². The lowest BCUT2D eigenvalue weighted by molar-refractivity contribution is 0.0897. The Morgan fingerprint density at radius 2 is 1.72 bits per heavy atom. The van der Waals surface area contributed by atoms with Crippen LogP contribution in [0, 0.1) is 5.92 Å². The van der Waals surface area contributed by atoms with E-state index >= 15 is 0 Å². The number of hydrogen-bond acceptors (Lipinski definition) is 5. The normalized spacial score (nSPS) is 21.6. The zero-order valence-electron chi connectivity index (χ0n) is 23.1. The number of carbonyl (C=O) groups excluding carboxylic acids is 1. The fourth-order valence-corrected chi connectivity index (χ4v) is 8.14. The van der Waals surface area contributed by atoms with Crippen LogP contribution in [0.15, 0.2) is 45.7 Å². The lowest BCUT2D eigenvalue weighted by atomic mass is 9.85. The van der Waals surface area contributed by atoms with E-state index in [4.69, 9.17) is 9.40 Å². The van der Waals surface area contributed by atoms with Crippen molar-refractivity contribution >= 4 is 38.5 Å². The summed E-state index contributed by atoms with van der Waals surface area (Å²) < 4.78 is 34.4. The van der Waals surface area contributed by atoms with Crippen LogP contribution in [0.4, 0.5) is 0 Å². The third-order valence-corrected chi connectivity index (χ3v) is 10.5. The van der Waals surface area contributed by atoms with Gasteiger partial charge in [-0.2, -0.15) is 0 Å². The Morgan fingerprint density at radius 3 is 2.41 bits per heavy atom. The summed E-state index contributed by atoms with van der Waals surface area (Å²) in [4.78, 5) is 18.7. The molecule has 1 amide bonds. The Morgan fingerprint density at radius 1 is 1.03 bits per heavy atom. The molecule has 1 unspecified atom stereocenters. The molecule has 2 aromatic carbocycles. The molecule has 2 N–H and O–H groups in total. The standard InChI is InChI=1S/C30H39N3O4S2/c1-30(2,3)33-39(36)26-14-13-24(22-11-7-8-12-23(22)26)27-25(19-20-9-5-4-6-10-20)37-29(32-27)28(34)31-21-15-17-38(35)18-16-21/h7-8,11-14,20-21,33H,4-6,9-10,15-19H2,1-3H3,(H,31,34). The van der Waals surface area contributed by atoms with Crippen LogP contribution in [0.2, 0.25) is 0 Å². The van der Waals surface area contributed by atoms with Crippen LogP contribution in [-0.2, 0) is 28.2 Å². The van der Waals surface area contributed by atoms with Gasteiger partial charge in [0.1, 0.15) is 22.4 Å². The molecule has 9 heteroatoms. The topological polar surface area (TPSA) is 101 Å². The molecule has 1 aromatic heterocycles. The average molecular weight is 570 g/mol. The minimum absolute atomic E-state index is 0.0160. The molecule has 0 spiro atoms. The molecule has 3 aromatic rings. The molecule has 5 rings (SSSR count). The summed E-state index contributed by atoms with van der Waals surface area (Å²) in [6.45, 7) is 5.98. The summed E-state index contributed by atoms with van der Waals surface area (Å²) in [6.07, 6.45) is 8.15. The van der Waals surface area contributed by atoms with Crippen molar-refractivity contribution in [3.05, 3.63) is 48.0 Å². The van der Waals surface area contributed by atoms with E-state index in [0.717, 1.165) is 41.4 Å². The van der Waals surface area contributed by atoms with Gasteiger partial charge < -0.3 is 9.73 Å². The summed E-state index contributed by atoms with van der Waals surface area (Å²) in [5.74, 6) is 2.22. The van der Waals surface area contributed by atoms with Crippen LogP contribution >= 0.6 is 0 Å². The number of oxazole rings is 1. The van der Waals surface area contributed by atoms with Gasteiger partial charge in [0, 0.05) is 45.9 Å². The maximum Gasteiger partial charge on any atom is 0.307 e. The molecule has 1 aliphatic heterocycles. The maximum atomic E-state index is 13.2. The van der Waals surface area contributed by atoms with Gasteiger partial charge >= 0.3 is 5.91 Å². The molecule has 1 saturated carbocycles. The predicted molar refractivity (Wildman–Crippen MR) is 157 cm³/mol. The van der Waals surface area contributed by atoms with Gasteiger partial charge in [-0.1, -0.05) is 62.4 Å². The van der Waals surface area contributed by atoms with E-state index in [-0.39, 0.29) is 23.4 Å². The third kappa shape index (κ3) is 6.87. The molecule has 1 atom stereocenters. The Hall–Kier alpha value is -2.36. The van der Waals surface area contributed by atoms with E-state index in [9.17, 15) is 13.2 Å². The summed E-state index contributed by atoms with van der Waals surface area (Å²) in [6, 6.07) is 11.8. The number of nitrogens with zero attached hydrogens (tertiary/aromatic N) is 1. The van der Waals surface area contributed by atoms with Crippen molar-refractivity contribution < 1.29 is 17.6 Å². The SMILES string of the molecule is CC(C)(C)NS(=O)c1ccc(-c2nc(C(=O)NC3CCS(=O)CC3)oc2CC2CCCCC2)c2ccccc12. The first-order valence-electron chi connectivity index (χ1n) is 14.1. The molecule has 39 heavy (non-hydrogen) atoms. The highest BCUT2D eigenvalue weighted by Gasteiger charge is 2.28. The lowest BCUT2D eigenvalue weighted by Gasteiger charge is -2.21. The second-order valence-corrected chi connectivity index (χ2v) is 14.7. The summed E-state index contributed by atoms with van der Waals surface area (Å²) in [5.41, 5.74) is 1.26. The zero-order valence-corrected chi connectivity index (χ0v) is 24.7. The number of amides is 1. The monoisotopic (exact) mass is 569 g/mol.